The average molecular weight is 213 g/mol. The van der Waals surface area contributed by atoms with Crippen molar-refractivity contribution >= 4 is 5.97 Å². The number of aliphatic hydroxyl groups is 1. The van der Waals surface area contributed by atoms with Gasteiger partial charge in [-0.15, -0.1) is 0 Å². The van der Waals surface area contributed by atoms with Crippen molar-refractivity contribution in [2.45, 2.75) is 38.3 Å². The lowest BCUT2D eigenvalue weighted by molar-refractivity contribution is -0.144. The van der Waals surface area contributed by atoms with Crippen LogP contribution in [0.3, 0.4) is 0 Å². The Morgan fingerprint density at radius 3 is 2.73 bits per heavy atom. The van der Waals surface area contributed by atoms with E-state index in [2.05, 4.69) is 5.32 Å². The van der Waals surface area contributed by atoms with Gasteiger partial charge >= 0.3 is 5.97 Å². The number of carbonyl (C=O) groups is 1. The summed E-state index contributed by atoms with van der Waals surface area (Å²) < 4.78 is 0. The van der Waals surface area contributed by atoms with Gasteiger partial charge in [0.15, 0.2) is 0 Å². The molecule has 2 bridgehead atoms. The summed E-state index contributed by atoms with van der Waals surface area (Å²) in [5, 5.41) is 21.6. The van der Waals surface area contributed by atoms with Crippen molar-refractivity contribution in [1.82, 2.24) is 5.32 Å². The molecule has 0 spiro atoms. The molecule has 2 fully saturated rings. The van der Waals surface area contributed by atoms with Crippen LogP contribution < -0.4 is 5.32 Å². The summed E-state index contributed by atoms with van der Waals surface area (Å²) in [6.07, 6.45) is 2.85. The van der Waals surface area contributed by atoms with Gasteiger partial charge in [0.1, 0.15) is 0 Å². The van der Waals surface area contributed by atoms with E-state index in [9.17, 15) is 9.90 Å². The average Bonchev–Trinajstić information content (AvgIpc) is 2.72. The van der Waals surface area contributed by atoms with Crippen molar-refractivity contribution in [2.24, 2.45) is 17.8 Å². The minimum atomic E-state index is -0.676. The highest BCUT2D eigenvalue weighted by Crippen LogP contribution is 2.48. The van der Waals surface area contributed by atoms with E-state index >= 15 is 0 Å². The Morgan fingerprint density at radius 2 is 2.13 bits per heavy atom. The second kappa shape index (κ2) is 4.10. The summed E-state index contributed by atoms with van der Waals surface area (Å²) in [4.78, 5) is 11.1. The molecule has 5 atom stereocenters. The highest BCUT2D eigenvalue weighted by atomic mass is 16.4. The molecule has 0 aromatic rings. The molecule has 0 heterocycles. The summed E-state index contributed by atoms with van der Waals surface area (Å²) in [5.41, 5.74) is 0. The van der Waals surface area contributed by atoms with E-state index in [-0.39, 0.29) is 12.0 Å². The number of nitrogens with one attached hydrogen (secondary N) is 1. The smallest absolute Gasteiger partial charge is 0.308 e. The number of aliphatic hydroxyl groups excluding tert-OH is 1. The molecular weight excluding hydrogens is 194 g/mol. The van der Waals surface area contributed by atoms with Crippen LogP contribution in [0.15, 0.2) is 0 Å². The Hall–Kier alpha value is -0.610. The largest absolute Gasteiger partial charge is 0.481 e. The molecule has 2 aliphatic carbocycles. The fourth-order valence-corrected chi connectivity index (χ4v) is 3.25. The third-order valence-electron chi connectivity index (χ3n) is 3.85. The molecule has 2 aliphatic rings. The van der Waals surface area contributed by atoms with Crippen molar-refractivity contribution in [3.63, 3.8) is 0 Å². The SMILES string of the molecule is CC(O)CNC1C2CCC(C2)C1C(=O)O. The van der Waals surface area contributed by atoms with Gasteiger partial charge in [0.05, 0.1) is 12.0 Å². The van der Waals surface area contributed by atoms with Crippen LogP contribution in [-0.4, -0.2) is 34.9 Å². The molecule has 5 unspecified atom stereocenters. The number of carboxylic acid groups (broad SMARTS) is 1. The van der Waals surface area contributed by atoms with Crippen LogP contribution >= 0.6 is 0 Å². The summed E-state index contributed by atoms with van der Waals surface area (Å²) >= 11 is 0. The van der Waals surface area contributed by atoms with E-state index in [4.69, 9.17) is 5.11 Å². The van der Waals surface area contributed by atoms with E-state index in [1.54, 1.807) is 6.92 Å². The third kappa shape index (κ3) is 2.01. The van der Waals surface area contributed by atoms with Gasteiger partial charge in [0, 0.05) is 12.6 Å². The van der Waals surface area contributed by atoms with Gasteiger partial charge in [-0.3, -0.25) is 4.79 Å². The van der Waals surface area contributed by atoms with Gasteiger partial charge < -0.3 is 15.5 Å². The van der Waals surface area contributed by atoms with Gasteiger partial charge in [-0.05, 0) is 38.0 Å². The zero-order valence-corrected chi connectivity index (χ0v) is 9.02. The Bertz CT molecular complexity index is 254. The zero-order chi connectivity index (χ0) is 11.0. The number of aliphatic carboxylic acids is 1. The second-order valence-electron chi connectivity index (χ2n) is 4.98. The van der Waals surface area contributed by atoms with Crippen LogP contribution in [0.25, 0.3) is 0 Å². The van der Waals surface area contributed by atoms with Crippen LogP contribution in [0.1, 0.15) is 26.2 Å². The number of hydrogen-bond acceptors (Lipinski definition) is 3. The maximum atomic E-state index is 11.1. The van der Waals surface area contributed by atoms with Crippen molar-refractivity contribution in [3.05, 3.63) is 0 Å². The summed E-state index contributed by atoms with van der Waals surface area (Å²) in [7, 11) is 0. The maximum Gasteiger partial charge on any atom is 0.308 e. The van der Waals surface area contributed by atoms with E-state index in [0.717, 1.165) is 19.3 Å². The summed E-state index contributed by atoms with van der Waals surface area (Å²) in [5.74, 6) is -0.0401. The third-order valence-corrected chi connectivity index (χ3v) is 3.85. The van der Waals surface area contributed by atoms with Crippen LogP contribution in [0.2, 0.25) is 0 Å². The fraction of sp³-hybridized carbons (Fsp3) is 0.909. The lowest BCUT2D eigenvalue weighted by Gasteiger charge is -2.29. The van der Waals surface area contributed by atoms with E-state index in [0.29, 0.717) is 18.4 Å². The molecule has 2 saturated carbocycles. The van der Waals surface area contributed by atoms with Crippen molar-refractivity contribution < 1.29 is 15.0 Å². The highest BCUT2D eigenvalue weighted by Gasteiger charge is 2.50. The Labute approximate surface area is 89.7 Å². The zero-order valence-electron chi connectivity index (χ0n) is 9.02. The van der Waals surface area contributed by atoms with Crippen LogP contribution in [0, 0.1) is 17.8 Å². The van der Waals surface area contributed by atoms with Gasteiger partial charge in [0.2, 0.25) is 0 Å². The quantitative estimate of drug-likeness (QED) is 0.634. The molecule has 3 N–H and O–H groups in total. The van der Waals surface area contributed by atoms with E-state index < -0.39 is 12.1 Å². The molecule has 0 saturated heterocycles. The Morgan fingerprint density at radius 1 is 1.47 bits per heavy atom. The Balaban J connectivity index is 1.99. The Kier molecular flexibility index (Phi) is 2.98. The molecular formula is C11H19NO3. The van der Waals surface area contributed by atoms with E-state index in [1.165, 1.54) is 0 Å². The minimum absolute atomic E-state index is 0.0795. The number of carboxylic acids is 1. The second-order valence-corrected chi connectivity index (χ2v) is 4.98. The normalized spacial score (nSPS) is 40.7. The van der Waals surface area contributed by atoms with Gasteiger partial charge in [0.25, 0.3) is 0 Å². The standard InChI is InChI=1S/C11H19NO3/c1-6(13)5-12-10-8-3-2-7(4-8)9(10)11(14)15/h6-10,12-13H,2-5H2,1H3,(H,14,15). The minimum Gasteiger partial charge on any atom is -0.481 e. The van der Waals surface area contributed by atoms with Crippen molar-refractivity contribution in [1.29, 1.82) is 0 Å². The monoisotopic (exact) mass is 213 g/mol. The molecule has 86 valence electrons. The molecule has 0 radical (unpaired) electrons. The summed E-state index contributed by atoms with van der Waals surface area (Å²) in [6.45, 7) is 2.22. The first-order valence-corrected chi connectivity index (χ1v) is 5.74. The van der Waals surface area contributed by atoms with Crippen LogP contribution in [0.5, 0.6) is 0 Å². The molecule has 2 rings (SSSR count). The van der Waals surface area contributed by atoms with Crippen LogP contribution in [0.4, 0.5) is 0 Å². The lowest BCUT2D eigenvalue weighted by atomic mass is 9.84. The van der Waals surface area contributed by atoms with Crippen molar-refractivity contribution in [2.75, 3.05) is 6.54 Å². The topological polar surface area (TPSA) is 69.6 Å². The summed E-state index contributed by atoms with van der Waals surface area (Å²) in [6, 6.07) is 0.0795. The predicted molar refractivity (Wildman–Crippen MR) is 55.4 cm³/mol. The predicted octanol–water partition coefficient (Wildman–Crippen LogP) is 0.456. The first kappa shape index (κ1) is 10.9. The molecule has 4 nitrogen and oxygen atoms in total. The van der Waals surface area contributed by atoms with Gasteiger partial charge in [-0.25, -0.2) is 0 Å². The maximum absolute atomic E-state index is 11.1. The highest BCUT2D eigenvalue weighted by molar-refractivity contribution is 5.72. The fourth-order valence-electron chi connectivity index (χ4n) is 3.25. The van der Waals surface area contributed by atoms with Gasteiger partial charge in [-0.2, -0.15) is 0 Å². The number of hydrogen-bond donors (Lipinski definition) is 3. The lowest BCUT2D eigenvalue weighted by Crippen LogP contribution is -2.46. The van der Waals surface area contributed by atoms with Crippen LogP contribution in [-0.2, 0) is 4.79 Å². The molecule has 0 aromatic heterocycles. The van der Waals surface area contributed by atoms with Gasteiger partial charge in [-0.1, -0.05) is 0 Å². The first-order valence-electron chi connectivity index (χ1n) is 5.74. The van der Waals surface area contributed by atoms with Crippen molar-refractivity contribution in [3.8, 4) is 0 Å². The molecule has 4 heteroatoms. The molecule has 15 heavy (non-hydrogen) atoms. The number of rotatable bonds is 4. The molecule has 0 aromatic carbocycles. The first-order chi connectivity index (χ1) is 7.09. The molecule has 0 amide bonds. The van der Waals surface area contributed by atoms with E-state index in [1.807, 2.05) is 0 Å². The molecule has 0 aliphatic heterocycles. The number of fused-ring (bicyclic) bond motifs is 2.